The molecule has 0 saturated carbocycles. The standard InChI is InChI=1S/C13H18N2.ClH/c14-11-6-8-15-7-5-10-3-1-2-4-12(10)13(15)9-11;/h1-4,11,13H,5-9,14H2;1H. The van der Waals surface area contributed by atoms with Crippen LogP contribution in [-0.4, -0.2) is 24.0 Å². The second kappa shape index (κ2) is 4.74. The first-order chi connectivity index (χ1) is 7.34. The van der Waals surface area contributed by atoms with Crippen molar-refractivity contribution in [3.63, 3.8) is 0 Å². The molecule has 2 unspecified atom stereocenters. The number of fused-ring (bicyclic) bond motifs is 3. The summed E-state index contributed by atoms with van der Waals surface area (Å²) in [6.07, 6.45) is 3.51. The molecule has 0 bridgehead atoms. The summed E-state index contributed by atoms with van der Waals surface area (Å²) in [6, 6.07) is 9.85. The summed E-state index contributed by atoms with van der Waals surface area (Å²) < 4.78 is 0. The van der Waals surface area contributed by atoms with Crippen molar-refractivity contribution in [1.29, 1.82) is 0 Å². The van der Waals surface area contributed by atoms with Gasteiger partial charge in [0, 0.05) is 25.2 Å². The van der Waals surface area contributed by atoms with Gasteiger partial charge in [-0.05, 0) is 30.4 Å². The van der Waals surface area contributed by atoms with Crippen LogP contribution in [0.3, 0.4) is 0 Å². The van der Waals surface area contributed by atoms with Crippen molar-refractivity contribution in [3.8, 4) is 0 Å². The molecule has 2 N–H and O–H groups in total. The highest BCUT2D eigenvalue weighted by molar-refractivity contribution is 5.85. The highest BCUT2D eigenvalue weighted by Crippen LogP contribution is 2.35. The number of piperidine rings is 1. The zero-order chi connectivity index (χ0) is 10.3. The summed E-state index contributed by atoms with van der Waals surface area (Å²) in [5, 5.41) is 0. The predicted molar refractivity (Wildman–Crippen MR) is 68.9 cm³/mol. The first-order valence-electron chi connectivity index (χ1n) is 5.92. The zero-order valence-electron chi connectivity index (χ0n) is 9.43. The molecule has 0 aromatic heterocycles. The smallest absolute Gasteiger partial charge is 0.0365 e. The number of nitrogens with two attached hydrogens (primary N) is 1. The molecule has 2 aliphatic heterocycles. The van der Waals surface area contributed by atoms with Gasteiger partial charge in [0.2, 0.25) is 0 Å². The van der Waals surface area contributed by atoms with E-state index in [0.29, 0.717) is 12.1 Å². The van der Waals surface area contributed by atoms with E-state index in [9.17, 15) is 0 Å². The molecule has 2 heterocycles. The topological polar surface area (TPSA) is 29.3 Å². The van der Waals surface area contributed by atoms with E-state index in [4.69, 9.17) is 5.73 Å². The lowest BCUT2D eigenvalue weighted by atomic mass is 9.85. The van der Waals surface area contributed by atoms with Gasteiger partial charge in [-0.1, -0.05) is 24.3 Å². The van der Waals surface area contributed by atoms with E-state index >= 15 is 0 Å². The molecule has 2 nitrogen and oxygen atoms in total. The summed E-state index contributed by atoms with van der Waals surface area (Å²) in [4.78, 5) is 2.60. The molecular weight excluding hydrogens is 220 g/mol. The number of benzene rings is 1. The maximum atomic E-state index is 6.07. The Hall–Kier alpha value is -0.570. The van der Waals surface area contributed by atoms with Crippen LogP contribution in [0.1, 0.15) is 30.0 Å². The highest BCUT2D eigenvalue weighted by atomic mass is 35.5. The zero-order valence-corrected chi connectivity index (χ0v) is 10.2. The Morgan fingerprint density at radius 3 is 2.88 bits per heavy atom. The van der Waals surface area contributed by atoms with E-state index < -0.39 is 0 Å². The van der Waals surface area contributed by atoms with E-state index in [-0.39, 0.29) is 12.4 Å². The van der Waals surface area contributed by atoms with Crippen LogP contribution in [0.25, 0.3) is 0 Å². The maximum absolute atomic E-state index is 6.07. The van der Waals surface area contributed by atoms with Crippen LogP contribution in [0, 0.1) is 0 Å². The van der Waals surface area contributed by atoms with E-state index in [1.54, 1.807) is 0 Å². The van der Waals surface area contributed by atoms with Crippen molar-refractivity contribution in [3.05, 3.63) is 35.4 Å². The molecule has 2 atom stereocenters. The van der Waals surface area contributed by atoms with Crippen molar-refractivity contribution in [2.24, 2.45) is 5.73 Å². The molecule has 1 saturated heterocycles. The first-order valence-corrected chi connectivity index (χ1v) is 5.92. The fraction of sp³-hybridized carbons (Fsp3) is 0.538. The third kappa shape index (κ3) is 1.97. The fourth-order valence-electron chi connectivity index (χ4n) is 2.98. The van der Waals surface area contributed by atoms with Crippen LogP contribution in [0.4, 0.5) is 0 Å². The summed E-state index contributed by atoms with van der Waals surface area (Å²) in [7, 11) is 0. The van der Waals surface area contributed by atoms with Crippen LogP contribution in [0.2, 0.25) is 0 Å². The van der Waals surface area contributed by atoms with Gasteiger partial charge in [0.05, 0.1) is 0 Å². The van der Waals surface area contributed by atoms with Gasteiger partial charge in [0.15, 0.2) is 0 Å². The van der Waals surface area contributed by atoms with Gasteiger partial charge in [0.1, 0.15) is 0 Å². The molecule has 0 amide bonds. The second-order valence-electron chi connectivity index (χ2n) is 4.79. The van der Waals surface area contributed by atoms with E-state index in [1.807, 2.05) is 0 Å². The average Bonchev–Trinajstić information content (AvgIpc) is 2.29. The normalized spacial score (nSPS) is 28.8. The molecule has 3 heteroatoms. The van der Waals surface area contributed by atoms with Gasteiger partial charge in [0.25, 0.3) is 0 Å². The summed E-state index contributed by atoms with van der Waals surface area (Å²) in [5.41, 5.74) is 9.13. The first kappa shape index (κ1) is 11.9. The minimum atomic E-state index is 0. The third-order valence-electron chi connectivity index (χ3n) is 3.84. The quantitative estimate of drug-likeness (QED) is 0.751. The van der Waals surface area contributed by atoms with Gasteiger partial charge in [-0.25, -0.2) is 0 Å². The summed E-state index contributed by atoms with van der Waals surface area (Å²) >= 11 is 0. The molecule has 2 aliphatic rings. The van der Waals surface area contributed by atoms with Gasteiger partial charge >= 0.3 is 0 Å². The van der Waals surface area contributed by atoms with Gasteiger partial charge < -0.3 is 5.73 Å². The van der Waals surface area contributed by atoms with Crippen molar-refractivity contribution >= 4 is 12.4 Å². The van der Waals surface area contributed by atoms with Crippen LogP contribution >= 0.6 is 12.4 Å². The highest BCUT2D eigenvalue weighted by Gasteiger charge is 2.31. The van der Waals surface area contributed by atoms with Crippen molar-refractivity contribution in [1.82, 2.24) is 4.90 Å². The third-order valence-corrected chi connectivity index (χ3v) is 3.84. The number of nitrogens with zero attached hydrogens (tertiary/aromatic N) is 1. The predicted octanol–water partition coefficient (Wildman–Crippen LogP) is 2.13. The Morgan fingerprint density at radius 2 is 2.00 bits per heavy atom. The molecule has 88 valence electrons. The van der Waals surface area contributed by atoms with Crippen molar-refractivity contribution < 1.29 is 0 Å². The number of halogens is 1. The lowest BCUT2D eigenvalue weighted by Crippen LogP contribution is -2.45. The lowest BCUT2D eigenvalue weighted by molar-refractivity contribution is 0.126. The Morgan fingerprint density at radius 1 is 1.19 bits per heavy atom. The molecule has 0 spiro atoms. The van der Waals surface area contributed by atoms with Crippen LogP contribution in [0.5, 0.6) is 0 Å². The van der Waals surface area contributed by atoms with Crippen LogP contribution in [0.15, 0.2) is 24.3 Å². The minimum absolute atomic E-state index is 0. The summed E-state index contributed by atoms with van der Waals surface area (Å²) in [5.74, 6) is 0. The van der Waals surface area contributed by atoms with Crippen LogP contribution in [-0.2, 0) is 6.42 Å². The van der Waals surface area contributed by atoms with Crippen LogP contribution < -0.4 is 5.73 Å². The molecule has 1 aromatic carbocycles. The second-order valence-corrected chi connectivity index (χ2v) is 4.79. The Balaban J connectivity index is 0.000000963. The monoisotopic (exact) mass is 238 g/mol. The molecule has 3 rings (SSSR count). The average molecular weight is 239 g/mol. The minimum Gasteiger partial charge on any atom is -0.328 e. The van der Waals surface area contributed by atoms with E-state index in [2.05, 4.69) is 29.2 Å². The van der Waals surface area contributed by atoms with Gasteiger partial charge in [-0.15, -0.1) is 12.4 Å². The number of hydrogen-bond donors (Lipinski definition) is 1. The van der Waals surface area contributed by atoms with Crippen molar-refractivity contribution in [2.45, 2.75) is 31.3 Å². The maximum Gasteiger partial charge on any atom is 0.0365 e. The summed E-state index contributed by atoms with van der Waals surface area (Å²) in [6.45, 7) is 2.40. The molecule has 1 fully saturated rings. The molecule has 0 radical (unpaired) electrons. The van der Waals surface area contributed by atoms with Gasteiger partial charge in [-0.3, -0.25) is 4.90 Å². The van der Waals surface area contributed by atoms with Crippen molar-refractivity contribution in [2.75, 3.05) is 13.1 Å². The lowest BCUT2D eigenvalue weighted by Gasteiger charge is -2.42. The molecule has 1 aromatic rings. The molecule has 16 heavy (non-hydrogen) atoms. The Bertz CT molecular complexity index is 367. The largest absolute Gasteiger partial charge is 0.328 e. The van der Waals surface area contributed by atoms with E-state index in [0.717, 1.165) is 6.42 Å². The Labute approximate surface area is 103 Å². The Kier molecular flexibility index (Phi) is 3.53. The van der Waals surface area contributed by atoms with E-state index in [1.165, 1.54) is 37.1 Å². The molecule has 0 aliphatic carbocycles. The van der Waals surface area contributed by atoms with Gasteiger partial charge in [-0.2, -0.15) is 0 Å². The fourth-order valence-corrected chi connectivity index (χ4v) is 2.98. The SMILES string of the molecule is Cl.NC1CCN2CCc3ccccc3C2C1. The molecular formula is C13H19ClN2. The number of hydrogen-bond acceptors (Lipinski definition) is 2. The number of rotatable bonds is 0.